The molecule has 0 N–H and O–H groups in total. The number of hydrogen-bond donors (Lipinski definition) is 0. The summed E-state index contributed by atoms with van der Waals surface area (Å²) in [5.74, 6) is 1.40. The van der Waals surface area contributed by atoms with Gasteiger partial charge in [0.05, 0.1) is 0 Å². The average Bonchev–Trinajstić information content (AvgIpc) is 2.78. The molecule has 0 spiro atoms. The van der Waals surface area contributed by atoms with Gasteiger partial charge in [-0.1, -0.05) is 93.1 Å². The molecule has 0 amide bonds. The molecule has 1 saturated carbocycles. The van der Waals surface area contributed by atoms with Gasteiger partial charge in [-0.2, -0.15) is 0 Å². The van der Waals surface area contributed by atoms with Gasteiger partial charge >= 0.3 is 0 Å². The van der Waals surface area contributed by atoms with Crippen molar-refractivity contribution in [2.24, 2.45) is 5.92 Å². The second kappa shape index (κ2) is 9.96. The molecule has 2 heteroatoms. The fraction of sp³-hybridized carbons (Fsp3) is 0.429. The topological polar surface area (TPSA) is 0 Å². The zero-order valence-corrected chi connectivity index (χ0v) is 18.7. The summed E-state index contributed by atoms with van der Waals surface area (Å²) in [4.78, 5) is 0. The van der Waals surface area contributed by atoms with Crippen LogP contribution in [-0.4, -0.2) is 0 Å². The van der Waals surface area contributed by atoms with Crippen LogP contribution in [0.5, 0.6) is 0 Å². The molecule has 0 saturated heterocycles. The van der Waals surface area contributed by atoms with Crippen molar-refractivity contribution in [3.05, 3.63) is 71.0 Å². The Morgan fingerprint density at radius 3 is 2.37 bits per heavy atom. The standard InChI is InChI=1S/C28H32ClF/c1-2-3-4-5-6-20-7-9-21(10-8-20)23-13-17-27-24(19-23)14-18-26(28(27)30)22-11-15-25(29)16-12-22/h11-21H,2-10H2,1H3/t20-,21-. The van der Waals surface area contributed by atoms with E-state index in [0.717, 1.165) is 16.9 Å². The van der Waals surface area contributed by atoms with Gasteiger partial charge in [0.15, 0.2) is 0 Å². The first-order valence-corrected chi connectivity index (χ1v) is 12.0. The summed E-state index contributed by atoms with van der Waals surface area (Å²) in [6.07, 6.45) is 12.1. The van der Waals surface area contributed by atoms with E-state index < -0.39 is 0 Å². The van der Waals surface area contributed by atoms with Crippen molar-refractivity contribution in [2.45, 2.75) is 70.6 Å². The number of hydrogen-bond acceptors (Lipinski definition) is 0. The lowest BCUT2D eigenvalue weighted by Crippen LogP contribution is -2.13. The van der Waals surface area contributed by atoms with Crippen molar-refractivity contribution in [1.29, 1.82) is 0 Å². The molecular weight excluding hydrogens is 391 g/mol. The molecule has 0 radical (unpaired) electrons. The molecule has 3 aromatic carbocycles. The highest BCUT2D eigenvalue weighted by Crippen LogP contribution is 2.39. The molecule has 30 heavy (non-hydrogen) atoms. The van der Waals surface area contributed by atoms with Crippen LogP contribution >= 0.6 is 11.6 Å². The minimum atomic E-state index is -0.142. The van der Waals surface area contributed by atoms with Crippen LogP contribution in [0.25, 0.3) is 21.9 Å². The minimum Gasteiger partial charge on any atom is -0.206 e. The van der Waals surface area contributed by atoms with Crippen molar-refractivity contribution in [3.63, 3.8) is 0 Å². The van der Waals surface area contributed by atoms with Gasteiger partial charge in [0, 0.05) is 16.0 Å². The summed E-state index contributed by atoms with van der Waals surface area (Å²) in [5, 5.41) is 2.38. The Bertz CT molecular complexity index is 968. The van der Waals surface area contributed by atoms with Crippen LogP contribution < -0.4 is 0 Å². The normalized spacial score (nSPS) is 19.3. The highest BCUT2D eigenvalue weighted by Gasteiger charge is 2.22. The second-order valence-corrected chi connectivity index (χ2v) is 9.42. The van der Waals surface area contributed by atoms with E-state index in [-0.39, 0.29) is 5.82 Å². The van der Waals surface area contributed by atoms with Crippen LogP contribution in [0.15, 0.2) is 54.6 Å². The number of rotatable bonds is 7. The third kappa shape index (κ3) is 4.89. The molecule has 1 aliphatic rings. The fourth-order valence-electron chi connectivity index (χ4n) is 5.06. The van der Waals surface area contributed by atoms with Crippen LogP contribution in [0.2, 0.25) is 5.02 Å². The maximum Gasteiger partial charge on any atom is 0.138 e. The van der Waals surface area contributed by atoms with Gasteiger partial charge < -0.3 is 0 Å². The first kappa shape index (κ1) is 21.4. The molecule has 0 atom stereocenters. The molecule has 0 heterocycles. The molecule has 1 aliphatic carbocycles. The molecule has 4 rings (SSSR count). The van der Waals surface area contributed by atoms with E-state index in [1.807, 2.05) is 36.4 Å². The van der Waals surface area contributed by atoms with Crippen LogP contribution in [0.4, 0.5) is 4.39 Å². The molecule has 1 fully saturated rings. The number of benzene rings is 3. The Hall–Kier alpha value is -1.86. The molecule has 0 bridgehead atoms. The van der Waals surface area contributed by atoms with Crippen LogP contribution in [0, 0.1) is 11.7 Å². The van der Waals surface area contributed by atoms with E-state index in [9.17, 15) is 0 Å². The number of unbranched alkanes of at least 4 members (excludes halogenated alkanes) is 3. The summed E-state index contributed by atoms with van der Waals surface area (Å²) in [7, 11) is 0. The van der Waals surface area contributed by atoms with Gasteiger partial charge in [-0.3, -0.25) is 0 Å². The van der Waals surface area contributed by atoms with E-state index in [2.05, 4.69) is 25.1 Å². The lowest BCUT2D eigenvalue weighted by Gasteiger charge is -2.29. The van der Waals surface area contributed by atoms with Gasteiger partial charge in [-0.05, 0) is 66.2 Å². The SMILES string of the molecule is CCCCCC[C@H]1CC[C@H](c2ccc3c(F)c(-c4ccc(Cl)cc4)ccc3c2)CC1. The Morgan fingerprint density at radius 2 is 1.63 bits per heavy atom. The molecule has 0 aromatic heterocycles. The van der Waals surface area contributed by atoms with Crippen LogP contribution in [-0.2, 0) is 0 Å². The summed E-state index contributed by atoms with van der Waals surface area (Å²) < 4.78 is 15.2. The molecule has 0 aliphatic heterocycles. The Balaban J connectivity index is 1.45. The van der Waals surface area contributed by atoms with Crippen molar-refractivity contribution >= 4 is 22.4 Å². The second-order valence-electron chi connectivity index (χ2n) is 8.98. The predicted molar refractivity (Wildman–Crippen MR) is 128 cm³/mol. The first-order chi connectivity index (χ1) is 14.7. The lowest BCUT2D eigenvalue weighted by molar-refractivity contribution is 0.302. The van der Waals surface area contributed by atoms with Crippen LogP contribution in [0.1, 0.15) is 76.2 Å². The highest BCUT2D eigenvalue weighted by atomic mass is 35.5. The fourth-order valence-corrected chi connectivity index (χ4v) is 5.19. The molecule has 158 valence electrons. The van der Waals surface area contributed by atoms with E-state index in [1.54, 1.807) is 0 Å². The Labute approximate surface area is 185 Å². The smallest absolute Gasteiger partial charge is 0.138 e. The van der Waals surface area contributed by atoms with Gasteiger partial charge in [0.1, 0.15) is 5.82 Å². The third-order valence-corrected chi connectivity index (χ3v) is 7.17. The number of halogens is 2. The summed E-state index contributed by atoms with van der Waals surface area (Å²) in [6, 6.07) is 17.7. The Kier molecular flexibility index (Phi) is 7.10. The predicted octanol–water partition coefficient (Wildman–Crippen LogP) is 9.54. The van der Waals surface area contributed by atoms with Crippen molar-refractivity contribution < 1.29 is 4.39 Å². The lowest BCUT2D eigenvalue weighted by atomic mass is 9.76. The van der Waals surface area contributed by atoms with Crippen molar-refractivity contribution in [1.82, 2.24) is 0 Å². The third-order valence-electron chi connectivity index (χ3n) is 6.92. The first-order valence-electron chi connectivity index (χ1n) is 11.6. The zero-order valence-electron chi connectivity index (χ0n) is 18.0. The van der Waals surface area contributed by atoms with E-state index in [4.69, 9.17) is 11.6 Å². The van der Waals surface area contributed by atoms with Crippen LogP contribution in [0.3, 0.4) is 0 Å². The monoisotopic (exact) mass is 422 g/mol. The van der Waals surface area contributed by atoms with E-state index >= 15 is 4.39 Å². The highest BCUT2D eigenvalue weighted by molar-refractivity contribution is 6.30. The van der Waals surface area contributed by atoms with Gasteiger partial charge in [-0.25, -0.2) is 4.39 Å². The maximum atomic E-state index is 15.2. The molecule has 3 aromatic rings. The van der Waals surface area contributed by atoms with Gasteiger partial charge in [-0.15, -0.1) is 0 Å². The minimum absolute atomic E-state index is 0.142. The average molecular weight is 423 g/mol. The largest absolute Gasteiger partial charge is 0.206 e. The van der Waals surface area contributed by atoms with Crippen molar-refractivity contribution in [2.75, 3.05) is 0 Å². The Morgan fingerprint density at radius 1 is 0.867 bits per heavy atom. The van der Waals surface area contributed by atoms with Crippen molar-refractivity contribution in [3.8, 4) is 11.1 Å². The van der Waals surface area contributed by atoms with Gasteiger partial charge in [0.25, 0.3) is 0 Å². The quantitative estimate of drug-likeness (QED) is 0.332. The molecular formula is C28H32ClF. The summed E-state index contributed by atoms with van der Waals surface area (Å²) in [6.45, 7) is 2.28. The number of fused-ring (bicyclic) bond motifs is 1. The molecule has 0 nitrogen and oxygen atoms in total. The van der Waals surface area contributed by atoms with E-state index in [0.29, 0.717) is 21.9 Å². The zero-order chi connectivity index (χ0) is 20.9. The summed E-state index contributed by atoms with van der Waals surface area (Å²) >= 11 is 5.98. The maximum absolute atomic E-state index is 15.2. The summed E-state index contributed by atoms with van der Waals surface area (Å²) in [5.41, 5.74) is 2.88. The van der Waals surface area contributed by atoms with Gasteiger partial charge in [0.2, 0.25) is 0 Å². The van der Waals surface area contributed by atoms with E-state index in [1.165, 1.54) is 63.4 Å². The molecule has 0 unspecified atom stereocenters.